The number of ether oxygens (including phenoxy) is 2. The van der Waals surface area contributed by atoms with E-state index in [-0.39, 0.29) is 19.7 Å². The molecule has 2 fully saturated rings. The molecule has 0 unspecified atom stereocenters. The molecule has 0 radical (unpaired) electrons. The molecule has 3 aliphatic rings. The van der Waals surface area contributed by atoms with E-state index in [1.54, 1.807) is 6.08 Å². The monoisotopic (exact) mass is 403 g/mol. The van der Waals surface area contributed by atoms with E-state index < -0.39 is 57.6 Å². The minimum absolute atomic E-state index is 0.142. The molecule has 8 nitrogen and oxygen atoms in total. The highest BCUT2D eigenvalue weighted by Crippen LogP contribution is 2.41. The van der Waals surface area contributed by atoms with Crippen molar-refractivity contribution in [2.45, 2.75) is 50.5 Å². The summed E-state index contributed by atoms with van der Waals surface area (Å²) in [7, 11) is 0. The Kier molecular flexibility index (Phi) is 5.10. The quantitative estimate of drug-likeness (QED) is 0.215. The second-order valence-corrected chi connectivity index (χ2v) is 8.44. The van der Waals surface area contributed by atoms with Gasteiger partial charge in [0.1, 0.15) is 6.61 Å². The lowest BCUT2D eigenvalue weighted by Gasteiger charge is -2.42. The van der Waals surface area contributed by atoms with Gasteiger partial charge < -0.3 is 29.5 Å². The third-order valence-electron chi connectivity index (χ3n) is 6.68. The first-order valence-electron chi connectivity index (χ1n) is 9.13. The van der Waals surface area contributed by atoms with Gasteiger partial charge in [-0.25, -0.2) is 9.59 Å². The molecular formula is C18H26ClNO7. The van der Waals surface area contributed by atoms with Crippen LogP contribution in [0.5, 0.6) is 0 Å². The second-order valence-electron chi connectivity index (χ2n) is 8.17. The van der Waals surface area contributed by atoms with Crippen molar-refractivity contribution in [3.63, 3.8) is 0 Å². The number of quaternary nitrogens is 1. The van der Waals surface area contributed by atoms with E-state index in [0.717, 1.165) is 0 Å². The van der Waals surface area contributed by atoms with Crippen LogP contribution in [0.4, 0.5) is 0 Å². The lowest BCUT2D eigenvalue weighted by molar-refractivity contribution is -0.877. The Bertz CT molecular complexity index is 681. The van der Waals surface area contributed by atoms with E-state index in [2.05, 4.69) is 0 Å². The Morgan fingerprint density at radius 3 is 2.59 bits per heavy atom. The fraction of sp³-hybridized carbons (Fsp3) is 0.778. The Hall–Kier alpha value is -1.19. The molecule has 152 valence electrons. The highest BCUT2D eigenvalue weighted by atomic mass is 35.5. The van der Waals surface area contributed by atoms with Crippen LogP contribution in [0.1, 0.15) is 27.2 Å². The van der Waals surface area contributed by atoms with E-state index in [0.29, 0.717) is 12.0 Å². The van der Waals surface area contributed by atoms with Crippen LogP contribution in [0.15, 0.2) is 11.6 Å². The topological polar surface area (TPSA) is 116 Å². The molecule has 0 aliphatic carbocycles. The van der Waals surface area contributed by atoms with Crippen LogP contribution in [-0.4, -0.2) is 75.7 Å². The van der Waals surface area contributed by atoms with Gasteiger partial charge in [0.2, 0.25) is 0 Å². The molecular weight excluding hydrogens is 378 g/mol. The number of hydrogen-bond donors (Lipinski definition) is 2. The maximum atomic E-state index is 13.0. The molecule has 0 spiro atoms. The van der Waals surface area contributed by atoms with Crippen LogP contribution in [0, 0.1) is 17.0 Å². The average Bonchev–Trinajstić information content (AvgIpc) is 3.12. The van der Waals surface area contributed by atoms with E-state index in [9.17, 15) is 25.0 Å². The zero-order valence-corrected chi connectivity index (χ0v) is 16.4. The molecule has 0 amide bonds. The van der Waals surface area contributed by atoms with Crippen molar-refractivity contribution < 1.29 is 33.9 Å². The first-order valence-corrected chi connectivity index (χ1v) is 9.66. The van der Waals surface area contributed by atoms with Gasteiger partial charge >= 0.3 is 11.9 Å². The molecule has 0 saturated carbocycles. The average molecular weight is 404 g/mol. The molecule has 9 heteroatoms. The van der Waals surface area contributed by atoms with Gasteiger partial charge in [-0.15, -0.1) is 11.6 Å². The summed E-state index contributed by atoms with van der Waals surface area (Å²) in [6.45, 7) is 4.66. The van der Waals surface area contributed by atoms with Crippen molar-refractivity contribution in [3.05, 3.63) is 16.9 Å². The molecule has 0 aromatic carbocycles. The van der Waals surface area contributed by atoms with Gasteiger partial charge in [0.05, 0.1) is 19.0 Å². The van der Waals surface area contributed by atoms with Crippen molar-refractivity contribution >= 4 is 23.5 Å². The van der Waals surface area contributed by atoms with Crippen LogP contribution in [0.25, 0.3) is 0 Å². The summed E-state index contributed by atoms with van der Waals surface area (Å²) in [5, 5.41) is 34.6. The maximum absolute atomic E-state index is 13.0. The summed E-state index contributed by atoms with van der Waals surface area (Å²) in [5.74, 6) is -4.05. The lowest BCUT2D eigenvalue weighted by Crippen LogP contribution is -2.58. The minimum atomic E-state index is -2.12. The number of esters is 2. The summed E-state index contributed by atoms with van der Waals surface area (Å²) in [6.07, 6.45) is 1.33. The summed E-state index contributed by atoms with van der Waals surface area (Å²) in [5.41, 5.74) is -3.51. The largest absolute Gasteiger partial charge is 0.632 e. The fourth-order valence-corrected chi connectivity index (χ4v) is 4.69. The fourth-order valence-electron chi connectivity index (χ4n) is 4.33. The van der Waals surface area contributed by atoms with Crippen LogP contribution in [0.2, 0.25) is 0 Å². The third kappa shape index (κ3) is 3.07. The molecule has 3 heterocycles. The predicted molar refractivity (Wildman–Crippen MR) is 95.3 cm³/mol. The van der Waals surface area contributed by atoms with Gasteiger partial charge in [-0.1, -0.05) is 13.8 Å². The van der Waals surface area contributed by atoms with Gasteiger partial charge in [-0.05, 0) is 13.0 Å². The van der Waals surface area contributed by atoms with Crippen molar-refractivity contribution in [2.75, 3.05) is 25.6 Å². The van der Waals surface area contributed by atoms with Crippen molar-refractivity contribution in [2.24, 2.45) is 11.8 Å². The molecule has 0 aromatic heterocycles. The summed E-state index contributed by atoms with van der Waals surface area (Å²) in [4.78, 5) is 25.4. The van der Waals surface area contributed by atoms with Gasteiger partial charge in [-0.3, -0.25) is 0 Å². The zero-order chi connectivity index (χ0) is 20.2. The first-order chi connectivity index (χ1) is 12.5. The molecule has 27 heavy (non-hydrogen) atoms. The number of carbonyl (C=O) groups is 2. The van der Waals surface area contributed by atoms with Crippen LogP contribution in [-0.2, 0) is 19.1 Å². The molecule has 3 rings (SSSR count). The van der Waals surface area contributed by atoms with Crippen molar-refractivity contribution in [3.8, 4) is 0 Å². The van der Waals surface area contributed by atoms with E-state index in [1.165, 1.54) is 20.8 Å². The number of halogens is 1. The summed E-state index contributed by atoms with van der Waals surface area (Å²) < 4.78 is 10.3. The highest BCUT2D eigenvalue weighted by molar-refractivity contribution is 6.20. The third-order valence-corrected chi connectivity index (χ3v) is 7.09. The summed E-state index contributed by atoms with van der Waals surface area (Å²) in [6, 6.07) is -0.682. The van der Waals surface area contributed by atoms with Gasteiger partial charge in [0.25, 0.3) is 0 Å². The SMILES string of the molecule is C[C@@H]1[C@@H](C)[C@](O)(CCl)C(=O)O[C@@H]2CC[N@+]3([O-])CC=C(COC(=O)[C@]1(C)O)[C@H]23. The molecule has 2 saturated heterocycles. The van der Waals surface area contributed by atoms with E-state index in [4.69, 9.17) is 21.1 Å². The number of carbonyl (C=O) groups excluding carboxylic acids is 2. The minimum Gasteiger partial charge on any atom is -0.632 e. The zero-order valence-electron chi connectivity index (χ0n) is 15.7. The number of hydroxylamine groups is 3. The van der Waals surface area contributed by atoms with E-state index >= 15 is 0 Å². The molecule has 3 aliphatic heterocycles. The highest BCUT2D eigenvalue weighted by Gasteiger charge is 2.56. The molecule has 2 N–H and O–H groups in total. The smallest absolute Gasteiger partial charge is 0.340 e. The Morgan fingerprint density at radius 2 is 1.96 bits per heavy atom. The normalized spacial score (nSPS) is 48.0. The van der Waals surface area contributed by atoms with Crippen LogP contribution in [0.3, 0.4) is 0 Å². The molecule has 0 aromatic rings. The van der Waals surface area contributed by atoms with Gasteiger partial charge in [0.15, 0.2) is 23.3 Å². The van der Waals surface area contributed by atoms with Gasteiger partial charge in [0, 0.05) is 23.8 Å². The molecule has 7 atom stereocenters. The number of cyclic esters (lactones) is 1. The standard InChI is InChI=1S/C18H26ClNO7/c1-10-11(2)18(24,9-19)16(22)27-13-5-7-20(25)6-4-12(14(13)20)8-26-15(21)17(10,3)23/h4,10-11,13-14,23-24H,5-9H2,1-3H3/t10-,11-,13-,14-,17-,18-,20-/m1/s1. The van der Waals surface area contributed by atoms with Crippen molar-refractivity contribution in [1.82, 2.24) is 0 Å². The summed E-state index contributed by atoms with van der Waals surface area (Å²) >= 11 is 5.91. The number of rotatable bonds is 1. The van der Waals surface area contributed by atoms with Gasteiger partial charge in [-0.2, -0.15) is 0 Å². The number of aliphatic hydroxyl groups is 2. The molecule has 0 bridgehead atoms. The Balaban J connectivity index is 2.02. The van der Waals surface area contributed by atoms with Crippen LogP contribution < -0.4 is 0 Å². The second kappa shape index (κ2) is 6.70. The number of nitrogens with zero attached hydrogens (tertiary/aromatic N) is 1. The Morgan fingerprint density at radius 1 is 1.30 bits per heavy atom. The maximum Gasteiger partial charge on any atom is 0.340 e. The lowest BCUT2D eigenvalue weighted by atomic mass is 9.73. The predicted octanol–water partition coefficient (Wildman–Crippen LogP) is 0.475. The number of hydrogen-bond acceptors (Lipinski definition) is 7. The van der Waals surface area contributed by atoms with Crippen LogP contribution >= 0.6 is 11.6 Å². The van der Waals surface area contributed by atoms with E-state index in [1.807, 2.05) is 0 Å². The number of alkyl halides is 1. The first kappa shape index (κ1) is 20.5. The van der Waals surface area contributed by atoms with Crippen molar-refractivity contribution in [1.29, 1.82) is 0 Å². The Labute approximate surface area is 162 Å².